The van der Waals surface area contributed by atoms with Crippen LogP contribution in [0.3, 0.4) is 0 Å². The minimum absolute atomic E-state index is 0.0743. The molecule has 4 heteroatoms. The van der Waals surface area contributed by atoms with Gasteiger partial charge >= 0.3 is 5.97 Å². The first-order valence-electron chi connectivity index (χ1n) is 11.3. The third kappa shape index (κ3) is 2.85. The number of fused-ring (bicyclic) bond motifs is 5. The van der Waals surface area contributed by atoms with E-state index in [1.165, 1.54) is 25.3 Å². The molecule has 6 atom stereocenters. The van der Waals surface area contributed by atoms with E-state index in [0.717, 1.165) is 55.5 Å². The summed E-state index contributed by atoms with van der Waals surface area (Å²) in [6, 6.07) is 0. The largest absolute Gasteiger partial charge is 0.462 e. The molecular formula is C25H33NO3. The van der Waals surface area contributed by atoms with Crippen molar-refractivity contribution in [3.63, 3.8) is 0 Å². The highest BCUT2D eigenvalue weighted by atomic mass is 16.5. The van der Waals surface area contributed by atoms with E-state index in [-0.39, 0.29) is 22.9 Å². The van der Waals surface area contributed by atoms with Gasteiger partial charge in [0.25, 0.3) is 0 Å². The Labute approximate surface area is 173 Å². The van der Waals surface area contributed by atoms with Crippen molar-refractivity contribution in [2.75, 3.05) is 0 Å². The van der Waals surface area contributed by atoms with Gasteiger partial charge in [-0.2, -0.15) is 0 Å². The summed E-state index contributed by atoms with van der Waals surface area (Å²) in [4.78, 5) is 16.1. The van der Waals surface area contributed by atoms with Crippen LogP contribution in [0.25, 0.3) is 5.57 Å². The van der Waals surface area contributed by atoms with Gasteiger partial charge < -0.3 is 9.15 Å². The van der Waals surface area contributed by atoms with Crippen molar-refractivity contribution >= 4 is 11.5 Å². The normalized spacial score (nSPS) is 41.0. The van der Waals surface area contributed by atoms with E-state index in [1.54, 1.807) is 11.8 Å². The van der Waals surface area contributed by atoms with Crippen LogP contribution in [0, 0.1) is 35.5 Å². The lowest BCUT2D eigenvalue weighted by molar-refractivity contribution is -0.148. The molecule has 0 aromatic carbocycles. The topological polar surface area (TPSA) is 52.3 Å². The van der Waals surface area contributed by atoms with Gasteiger partial charge in [-0.1, -0.05) is 31.6 Å². The predicted molar refractivity (Wildman–Crippen MR) is 112 cm³/mol. The number of oxazole rings is 1. The third-order valence-electron chi connectivity index (χ3n) is 8.82. The SMILES string of the molecule is CC(=O)O[C@H]1CC[C@@]2(C)C(=CC[C@@H]3[C@@H]2CC[C@]2(C)C(c4nc(C)co4)=CC[C@@H]32)C1. The van der Waals surface area contributed by atoms with Crippen molar-refractivity contribution in [3.05, 3.63) is 35.6 Å². The highest BCUT2D eigenvalue weighted by Gasteiger charge is 2.57. The summed E-state index contributed by atoms with van der Waals surface area (Å²) in [6.07, 6.45) is 14.6. The molecule has 4 nitrogen and oxygen atoms in total. The number of carbonyl (C=O) groups is 1. The number of hydrogen-bond donors (Lipinski definition) is 0. The Morgan fingerprint density at radius 1 is 1.14 bits per heavy atom. The molecule has 0 aliphatic heterocycles. The average molecular weight is 396 g/mol. The van der Waals surface area contributed by atoms with E-state index in [4.69, 9.17) is 9.15 Å². The van der Waals surface area contributed by atoms with Crippen LogP contribution in [0.5, 0.6) is 0 Å². The van der Waals surface area contributed by atoms with Crippen molar-refractivity contribution in [3.8, 4) is 0 Å². The number of rotatable bonds is 2. The molecule has 4 aliphatic carbocycles. The smallest absolute Gasteiger partial charge is 0.302 e. The third-order valence-corrected chi connectivity index (χ3v) is 8.82. The zero-order valence-corrected chi connectivity index (χ0v) is 18.2. The number of carbonyl (C=O) groups excluding carboxylic acids is 1. The molecule has 2 fully saturated rings. The number of ether oxygens (including phenoxy) is 1. The Morgan fingerprint density at radius 2 is 1.93 bits per heavy atom. The molecule has 1 aromatic heterocycles. The lowest BCUT2D eigenvalue weighted by Crippen LogP contribution is -2.50. The molecule has 5 rings (SSSR count). The molecule has 0 N–H and O–H groups in total. The lowest BCUT2D eigenvalue weighted by Gasteiger charge is -2.57. The van der Waals surface area contributed by atoms with Crippen LogP contribution in [-0.4, -0.2) is 17.1 Å². The summed E-state index contributed by atoms with van der Waals surface area (Å²) < 4.78 is 11.4. The van der Waals surface area contributed by atoms with Crippen LogP contribution >= 0.6 is 0 Å². The molecule has 0 amide bonds. The van der Waals surface area contributed by atoms with Crippen molar-refractivity contribution in [1.29, 1.82) is 0 Å². The summed E-state index contributed by atoms with van der Waals surface area (Å²) in [6.45, 7) is 8.47. The van der Waals surface area contributed by atoms with Crippen molar-refractivity contribution in [1.82, 2.24) is 4.98 Å². The van der Waals surface area contributed by atoms with Gasteiger partial charge in [-0.15, -0.1) is 0 Å². The Hall–Kier alpha value is -1.84. The first kappa shape index (κ1) is 19.1. The maximum Gasteiger partial charge on any atom is 0.302 e. The van der Waals surface area contributed by atoms with Crippen LogP contribution in [0.4, 0.5) is 0 Å². The first-order valence-corrected chi connectivity index (χ1v) is 11.3. The summed E-state index contributed by atoms with van der Waals surface area (Å²) in [5.41, 5.74) is 4.30. The maximum atomic E-state index is 11.4. The number of aryl methyl sites for hydroxylation is 1. The second-order valence-electron chi connectivity index (χ2n) is 10.3. The highest BCUT2D eigenvalue weighted by Crippen LogP contribution is 2.66. The predicted octanol–water partition coefficient (Wildman–Crippen LogP) is 5.87. The van der Waals surface area contributed by atoms with Crippen LogP contribution in [0.2, 0.25) is 0 Å². The summed E-state index contributed by atoms with van der Waals surface area (Å²) in [7, 11) is 0. The van der Waals surface area contributed by atoms with Crippen molar-refractivity contribution in [2.45, 2.75) is 78.7 Å². The lowest BCUT2D eigenvalue weighted by atomic mass is 9.47. The zero-order chi connectivity index (χ0) is 20.4. The molecule has 0 bridgehead atoms. The minimum Gasteiger partial charge on any atom is -0.462 e. The van der Waals surface area contributed by atoms with Crippen molar-refractivity contribution in [2.24, 2.45) is 28.6 Å². The molecule has 0 spiro atoms. The van der Waals surface area contributed by atoms with Gasteiger partial charge in [-0.3, -0.25) is 4.79 Å². The molecule has 4 aliphatic rings. The van der Waals surface area contributed by atoms with Gasteiger partial charge in [-0.05, 0) is 68.6 Å². The number of allylic oxidation sites excluding steroid dienone is 3. The second kappa shape index (κ2) is 6.58. The molecular weight excluding hydrogens is 362 g/mol. The highest BCUT2D eigenvalue weighted by molar-refractivity contribution is 5.68. The number of aromatic nitrogens is 1. The van der Waals surface area contributed by atoms with Crippen LogP contribution < -0.4 is 0 Å². The van der Waals surface area contributed by atoms with E-state index >= 15 is 0 Å². The summed E-state index contributed by atoms with van der Waals surface area (Å²) >= 11 is 0. The first-order chi connectivity index (χ1) is 13.8. The fourth-order valence-corrected chi connectivity index (χ4v) is 7.34. The van der Waals surface area contributed by atoms with E-state index in [0.29, 0.717) is 5.92 Å². The van der Waals surface area contributed by atoms with Gasteiger partial charge in [0.1, 0.15) is 12.4 Å². The Bertz CT molecular complexity index is 896. The summed E-state index contributed by atoms with van der Waals surface area (Å²) in [5.74, 6) is 2.82. The van der Waals surface area contributed by atoms with Gasteiger partial charge in [0.15, 0.2) is 0 Å². The minimum atomic E-state index is -0.146. The number of nitrogens with zero attached hydrogens (tertiary/aromatic N) is 1. The molecule has 156 valence electrons. The summed E-state index contributed by atoms with van der Waals surface area (Å²) in [5, 5.41) is 0. The zero-order valence-electron chi connectivity index (χ0n) is 18.2. The van der Waals surface area contributed by atoms with Gasteiger partial charge in [0.05, 0.1) is 5.69 Å². The van der Waals surface area contributed by atoms with E-state index in [9.17, 15) is 4.79 Å². The van der Waals surface area contributed by atoms with E-state index < -0.39 is 0 Å². The molecule has 1 aromatic rings. The van der Waals surface area contributed by atoms with Gasteiger partial charge in [0, 0.05) is 24.3 Å². The fourth-order valence-electron chi connectivity index (χ4n) is 7.34. The molecule has 0 saturated heterocycles. The Kier molecular flexibility index (Phi) is 4.34. The standard InChI is InChI=1S/C25H33NO3/c1-15-14-28-23(26-15)22-8-7-20-19-6-5-17-13-18(29-16(2)27)9-11-24(17,3)21(19)10-12-25(20,22)4/h5,8,14,18-21H,6-7,9-13H2,1-4H3/t18-,19-,20-,21-,24-,25-/m0/s1. The van der Waals surface area contributed by atoms with E-state index in [2.05, 4.69) is 31.0 Å². The molecule has 29 heavy (non-hydrogen) atoms. The molecule has 0 radical (unpaired) electrons. The van der Waals surface area contributed by atoms with E-state index in [1.807, 2.05) is 6.92 Å². The van der Waals surface area contributed by atoms with Crippen LogP contribution in [0.15, 0.2) is 28.4 Å². The number of esters is 1. The molecule has 1 heterocycles. The Morgan fingerprint density at radius 3 is 2.66 bits per heavy atom. The van der Waals surface area contributed by atoms with Gasteiger partial charge in [0.2, 0.25) is 5.89 Å². The van der Waals surface area contributed by atoms with Crippen LogP contribution in [0.1, 0.15) is 77.3 Å². The number of hydrogen-bond acceptors (Lipinski definition) is 4. The quantitative estimate of drug-likeness (QED) is 0.464. The monoisotopic (exact) mass is 395 g/mol. The molecule has 0 unspecified atom stereocenters. The Balaban J connectivity index is 1.41. The van der Waals surface area contributed by atoms with Crippen molar-refractivity contribution < 1.29 is 13.9 Å². The maximum absolute atomic E-state index is 11.4. The average Bonchev–Trinajstić information content (AvgIpc) is 3.24. The second-order valence-corrected chi connectivity index (χ2v) is 10.3. The molecule has 2 saturated carbocycles. The van der Waals surface area contributed by atoms with Gasteiger partial charge in [-0.25, -0.2) is 4.98 Å². The van der Waals surface area contributed by atoms with Crippen LogP contribution in [-0.2, 0) is 9.53 Å². The fraction of sp³-hybridized carbons (Fsp3) is 0.680.